The molecule has 1 aromatic heterocycles. The molecule has 0 saturated heterocycles. The Labute approximate surface area is 160 Å². The van der Waals surface area contributed by atoms with E-state index in [-0.39, 0.29) is 5.41 Å². The van der Waals surface area contributed by atoms with Crippen molar-refractivity contribution in [3.05, 3.63) is 71.4 Å². The van der Waals surface area contributed by atoms with Crippen LogP contribution in [0.1, 0.15) is 44.0 Å². The third-order valence-electron chi connectivity index (χ3n) is 4.77. The van der Waals surface area contributed by atoms with Gasteiger partial charge in [0.15, 0.2) is 17.2 Å². The van der Waals surface area contributed by atoms with Crippen LogP contribution >= 0.6 is 0 Å². The molecule has 2 heterocycles. The van der Waals surface area contributed by atoms with Crippen LogP contribution in [0.15, 0.2) is 54.6 Å². The van der Waals surface area contributed by atoms with Crippen LogP contribution in [0.2, 0.25) is 0 Å². The largest absolute Gasteiger partial charge is 0.448 e. The Hall–Kier alpha value is -2.88. The second kappa shape index (κ2) is 7.03. The maximum Gasteiger partial charge on any atom is 0.282 e. The third-order valence-corrected chi connectivity index (χ3v) is 4.77. The predicted octanol–water partition coefficient (Wildman–Crippen LogP) is 5.85. The van der Waals surface area contributed by atoms with Gasteiger partial charge in [0.05, 0.1) is 5.69 Å². The highest BCUT2D eigenvalue weighted by Gasteiger charge is 2.20. The van der Waals surface area contributed by atoms with Gasteiger partial charge >= 0.3 is 0 Å². The topological polar surface area (TPSA) is 44.2 Å². The lowest BCUT2D eigenvalue weighted by molar-refractivity contribution is 0.342. The summed E-state index contributed by atoms with van der Waals surface area (Å²) in [5, 5.41) is 8.47. The van der Waals surface area contributed by atoms with E-state index >= 15 is 0 Å². The molecule has 4 rings (SSSR count). The fourth-order valence-electron chi connectivity index (χ4n) is 3.15. The molecule has 0 unspecified atom stereocenters. The van der Waals surface area contributed by atoms with E-state index in [0.717, 1.165) is 25.0 Å². The van der Waals surface area contributed by atoms with Crippen LogP contribution in [0.25, 0.3) is 0 Å². The number of para-hydroxylation sites is 2. The lowest BCUT2D eigenvalue weighted by atomic mass is 9.86. The fraction of sp³-hybridized carbons (Fsp3) is 0.304. The highest BCUT2D eigenvalue weighted by atomic mass is 16.6. The second-order valence-electron chi connectivity index (χ2n) is 7.96. The van der Waals surface area contributed by atoms with E-state index in [1.165, 1.54) is 11.1 Å². The Morgan fingerprint density at radius 1 is 0.778 bits per heavy atom. The number of aromatic nitrogens is 2. The smallest absolute Gasteiger partial charge is 0.282 e. The van der Waals surface area contributed by atoms with Crippen LogP contribution in [0, 0.1) is 0 Å². The summed E-state index contributed by atoms with van der Waals surface area (Å²) in [7, 11) is 0. The molecule has 138 valence electrons. The summed E-state index contributed by atoms with van der Waals surface area (Å²) in [5.74, 6) is 2.44. The van der Waals surface area contributed by atoms with Gasteiger partial charge in [0.1, 0.15) is 0 Å². The molecule has 3 aromatic rings. The van der Waals surface area contributed by atoms with Gasteiger partial charge in [-0.05, 0) is 47.9 Å². The summed E-state index contributed by atoms with van der Waals surface area (Å²) in [6, 6.07) is 18.4. The molecule has 4 nitrogen and oxygen atoms in total. The monoisotopic (exact) mass is 360 g/mol. The summed E-state index contributed by atoms with van der Waals surface area (Å²) in [6.45, 7) is 6.71. The molecule has 0 N–H and O–H groups in total. The van der Waals surface area contributed by atoms with Crippen LogP contribution < -0.4 is 9.47 Å². The van der Waals surface area contributed by atoms with Crippen LogP contribution in [0.4, 0.5) is 0 Å². The van der Waals surface area contributed by atoms with Gasteiger partial charge in [0.25, 0.3) is 5.88 Å². The summed E-state index contributed by atoms with van der Waals surface area (Å²) >= 11 is 0. The molecule has 0 atom stereocenters. The van der Waals surface area contributed by atoms with Crippen molar-refractivity contribution in [3.8, 4) is 23.1 Å². The van der Waals surface area contributed by atoms with E-state index in [2.05, 4.69) is 55.2 Å². The predicted molar refractivity (Wildman–Crippen MR) is 106 cm³/mol. The van der Waals surface area contributed by atoms with Gasteiger partial charge in [-0.3, -0.25) is 0 Å². The molecule has 1 aliphatic heterocycles. The van der Waals surface area contributed by atoms with Gasteiger partial charge in [-0.1, -0.05) is 57.2 Å². The van der Waals surface area contributed by atoms with Gasteiger partial charge < -0.3 is 9.47 Å². The fourth-order valence-corrected chi connectivity index (χ4v) is 3.15. The van der Waals surface area contributed by atoms with Gasteiger partial charge in [-0.2, -0.15) is 5.10 Å². The zero-order chi connectivity index (χ0) is 18.9. The zero-order valence-corrected chi connectivity index (χ0v) is 16.0. The molecule has 4 heteroatoms. The number of hydrogen-bond donors (Lipinski definition) is 0. The molecule has 0 saturated carbocycles. The van der Waals surface area contributed by atoms with E-state index in [4.69, 9.17) is 9.47 Å². The molecule has 1 aliphatic rings. The summed E-state index contributed by atoms with van der Waals surface area (Å²) < 4.78 is 11.6. The van der Waals surface area contributed by atoms with E-state index in [1.807, 2.05) is 30.3 Å². The van der Waals surface area contributed by atoms with Crippen LogP contribution in [0.3, 0.4) is 0 Å². The highest BCUT2D eigenvalue weighted by Crippen LogP contribution is 2.43. The van der Waals surface area contributed by atoms with Crippen molar-refractivity contribution < 1.29 is 9.47 Å². The maximum absolute atomic E-state index is 5.90. The first-order valence-corrected chi connectivity index (χ1v) is 9.40. The number of fused-ring (bicyclic) bond motifs is 2. The van der Waals surface area contributed by atoms with E-state index in [1.54, 1.807) is 0 Å². The normalized spacial score (nSPS) is 12.6. The summed E-state index contributed by atoms with van der Waals surface area (Å²) in [5.41, 5.74) is 3.83. The van der Waals surface area contributed by atoms with Crippen molar-refractivity contribution in [2.24, 2.45) is 0 Å². The quantitative estimate of drug-likeness (QED) is 0.458. The Morgan fingerprint density at radius 3 is 2.19 bits per heavy atom. The van der Waals surface area contributed by atoms with E-state index < -0.39 is 0 Å². The Bertz CT molecular complexity index is 943. The first-order valence-electron chi connectivity index (χ1n) is 9.40. The van der Waals surface area contributed by atoms with Crippen molar-refractivity contribution >= 4 is 0 Å². The highest BCUT2D eigenvalue weighted by molar-refractivity contribution is 5.51. The van der Waals surface area contributed by atoms with Crippen molar-refractivity contribution in [2.75, 3.05) is 0 Å². The minimum atomic E-state index is 0.192. The number of nitrogens with zero attached hydrogens (tertiary/aromatic N) is 2. The number of hydrogen-bond acceptors (Lipinski definition) is 4. The van der Waals surface area contributed by atoms with Gasteiger partial charge in [0, 0.05) is 6.07 Å². The van der Waals surface area contributed by atoms with Crippen molar-refractivity contribution in [1.82, 2.24) is 10.2 Å². The molecule has 0 aliphatic carbocycles. The van der Waals surface area contributed by atoms with Gasteiger partial charge in [-0.15, -0.1) is 5.10 Å². The number of rotatable bonds is 4. The molecule has 0 fully saturated rings. The van der Waals surface area contributed by atoms with E-state index in [0.29, 0.717) is 23.1 Å². The van der Waals surface area contributed by atoms with Crippen molar-refractivity contribution in [2.45, 2.75) is 45.4 Å². The SMILES string of the molecule is CC(C)(C)c1ccc(CCCc2cc3c(nn2)Oc2ccccc2O3)cc1. The second-order valence-corrected chi connectivity index (χ2v) is 7.96. The Morgan fingerprint density at radius 2 is 1.48 bits per heavy atom. The van der Waals surface area contributed by atoms with Crippen LogP contribution in [0.5, 0.6) is 23.1 Å². The Balaban J connectivity index is 1.37. The number of ether oxygens (including phenoxy) is 2. The molecule has 0 bridgehead atoms. The van der Waals surface area contributed by atoms with Gasteiger partial charge in [0.2, 0.25) is 0 Å². The summed E-state index contributed by atoms with van der Waals surface area (Å²) in [4.78, 5) is 0. The molecule has 27 heavy (non-hydrogen) atoms. The molecule has 0 radical (unpaired) electrons. The first kappa shape index (κ1) is 17.5. The molecular weight excluding hydrogens is 336 g/mol. The molecule has 0 spiro atoms. The average molecular weight is 360 g/mol. The minimum absolute atomic E-state index is 0.192. The van der Waals surface area contributed by atoms with Crippen LogP contribution in [-0.4, -0.2) is 10.2 Å². The standard InChI is InChI=1S/C23H24N2O2/c1-23(2,3)17-13-11-16(12-14-17)7-6-8-18-15-21-22(25-24-18)27-20-10-5-4-9-19(20)26-21/h4-5,9-15H,6-8H2,1-3H3. The zero-order valence-electron chi connectivity index (χ0n) is 16.0. The lowest BCUT2D eigenvalue weighted by Gasteiger charge is -2.19. The van der Waals surface area contributed by atoms with Crippen LogP contribution in [-0.2, 0) is 18.3 Å². The average Bonchev–Trinajstić information content (AvgIpc) is 2.66. The van der Waals surface area contributed by atoms with Crippen molar-refractivity contribution in [1.29, 1.82) is 0 Å². The van der Waals surface area contributed by atoms with Crippen molar-refractivity contribution in [3.63, 3.8) is 0 Å². The number of aryl methyl sites for hydroxylation is 2. The molecular formula is C23H24N2O2. The molecule has 2 aromatic carbocycles. The molecule has 0 amide bonds. The van der Waals surface area contributed by atoms with Gasteiger partial charge in [-0.25, -0.2) is 0 Å². The Kier molecular flexibility index (Phi) is 4.56. The summed E-state index contributed by atoms with van der Waals surface area (Å²) in [6.07, 6.45) is 2.88. The first-order chi connectivity index (χ1) is 13.0. The van der Waals surface area contributed by atoms with E-state index in [9.17, 15) is 0 Å². The third kappa shape index (κ3) is 3.95. The lowest BCUT2D eigenvalue weighted by Crippen LogP contribution is -2.10. The number of benzene rings is 2. The maximum atomic E-state index is 5.90. The minimum Gasteiger partial charge on any atom is -0.448 e.